The van der Waals surface area contributed by atoms with Crippen LogP contribution in [0.5, 0.6) is 0 Å². The van der Waals surface area contributed by atoms with Gasteiger partial charge in [0.25, 0.3) is 0 Å². The van der Waals surface area contributed by atoms with Crippen LogP contribution in [-0.2, 0) is 4.79 Å². The molecule has 0 aromatic heterocycles. The number of anilines is 1. The van der Waals surface area contributed by atoms with Crippen molar-refractivity contribution >= 4 is 44.7 Å². The predicted molar refractivity (Wildman–Crippen MR) is 77.2 cm³/mol. The third-order valence-corrected chi connectivity index (χ3v) is 3.16. The van der Waals surface area contributed by atoms with Gasteiger partial charge in [0.05, 0.1) is 0 Å². The third kappa shape index (κ3) is 3.67. The number of rotatable bonds is 4. The SMILES string of the molecule is CNC(=O)C(C)Nc1ccc(C(N)=S)cc1Br. The van der Waals surface area contributed by atoms with E-state index in [1.54, 1.807) is 14.0 Å². The van der Waals surface area contributed by atoms with E-state index in [2.05, 4.69) is 26.6 Å². The minimum Gasteiger partial charge on any atom is -0.389 e. The van der Waals surface area contributed by atoms with Gasteiger partial charge in [-0.2, -0.15) is 0 Å². The average molecular weight is 316 g/mol. The Kier molecular flexibility index (Phi) is 4.89. The molecule has 17 heavy (non-hydrogen) atoms. The van der Waals surface area contributed by atoms with Crippen molar-refractivity contribution in [3.8, 4) is 0 Å². The summed E-state index contributed by atoms with van der Waals surface area (Å²) in [4.78, 5) is 11.7. The number of thiocarbonyl (C=S) groups is 1. The Morgan fingerprint density at radius 3 is 2.65 bits per heavy atom. The second-order valence-corrected chi connectivity index (χ2v) is 4.83. The van der Waals surface area contributed by atoms with E-state index in [1.165, 1.54) is 0 Å². The Morgan fingerprint density at radius 2 is 2.18 bits per heavy atom. The Bertz CT molecular complexity index is 450. The number of benzene rings is 1. The summed E-state index contributed by atoms with van der Waals surface area (Å²) in [6.07, 6.45) is 0. The Balaban J connectivity index is 2.86. The van der Waals surface area contributed by atoms with Gasteiger partial charge in [-0.05, 0) is 41.1 Å². The number of nitrogens with two attached hydrogens (primary N) is 1. The highest BCUT2D eigenvalue weighted by molar-refractivity contribution is 9.10. The lowest BCUT2D eigenvalue weighted by Crippen LogP contribution is -2.35. The number of nitrogens with one attached hydrogen (secondary N) is 2. The molecule has 6 heteroatoms. The third-order valence-electron chi connectivity index (χ3n) is 2.27. The van der Waals surface area contributed by atoms with Crippen molar-refractivity contribution in [2.45, 2.75) is 13.0 Å². The van der Waals surface area contributed by atoms with Gasteiger partial charge < -0.3 is 16.4 Å². The second-order valence-electron chi connectivity index (χ2n) is 3.54. The van der Waals surface area contributed by atoms with Gasteiger partial charge in [0.2, 0.25) is 5.91 Å². The van der Waals surface area contributed by atoms with Crippen LogP contribution in [0.3, 0.4) is 0 Å². The van der Waals surface area contributed by atoms with Crippen molar-refractivity contribution in [2.75, 3.05) is 12.4 Å². The number of hydrogen-bond acceptors (Lipinski definition) is 3. The summed E-state index contributed by atoms with van der Waals surface area (Å²) >= 11 is 8.29. The van der Waals surface area contributed by atoms with Crippen LogP contribution in [0.15, 0.2) is 22.7 Å². The molecule has 1 atom stereocenters. The van der Waals surface area contributed by atoms with Gasteiger partial charge in [0.1, 0.15) is 11.0 Å². The first-order valence-electron chi connectivity index (χ1n) is 5.03. The van der Waals surface area contributed by atoms with Gasteiger partial charge in [0, 0.05) is 22.8 Å². The van der Waals surface area contributed by atoms with Crippen LogP contribution in [0.4, 0.5) is 5.69 Å². The molecule has 4 nitrogen and oxygen atoms in total. The highest BCUT2D eigenvalue weighted by Gasteiger charge is 2.12. The largest absolute Gasteiger partial charge is 0.389 e. The molecular formula is C11H14BrN3OS. The van der Waals surface area contributed by atoms with E-state index < -0.39 is 0 Å². The van der Waals surface area contributed by atoms with Crippen LogP contribution in [0.2, 0.25) is 0 Å². The van der Waals surface area contributed by atoms with E-state index >= 15 is 0 Å². The lowest BCUT2D eigenvalue weighted by atomic mass is 10.2. The Morgan fingerprint density at radius 1 is 1.53 bits per heavy atom. The van der Waals surface area contributed by atoms with Crippen molar-refractivity contribution < 1.29 is 4.79 Å². The molecule has 1 aromatic rings. The van der Waals surface area contributed by atoms with E-state index in [-0.39, 0.29) is 11.9 Å². The van der Waals surface area contributed by atoms with Crippen LogP contribution in [0.1, 0.15) is 12.5 Å². The number of likely N-dealkylation sites (N-methyl/N-ethyl adjacent to an activating group) is 1. The molecule has 1 aromatic carbocycles. The van der Waals surface area contributed by atoms with Crippen LogP contribution in [0, 0.1) is 0 Å². The van der Waals surface area contributed by atoms with Gasteiger partial charge in [-0.15, -0.1) is 0 Å². The fourth-order valence-electron chi connectivity index (χ4n) is 1.30. The van der Waals surface area contributed by atoms with Gasteiger partial charge in [0.15, 0.2) is 0 Å². The summed E-state index contributed by atoms with van der Waals surface area (Å²) < 4.78 is 0.818. The normalized spacial score (nSPS) is 11.7. The summed E-state index contributed by atoms with van der Waals surface area (Å²) in [5.41, 5.74) is 7.13. The summed E-state index contributed by atoms with van der Waals surface area (Å²) in [7, 11) is 1.60. The molecule has 0 bridgehead atoms. The quantitative estimate of drug-likeness (QED) is 0.739. The maximum absolute atomic E-state index is 11.4. The lowest BCUT2D eigenvalue weighted by molar-refractivity contribution is -0.121. The lowest BCUT2D eigenvalue weighted by Gasteiger charge is -2.15. The molecule has 0 fully saturated rings. The van der Waals surface area contributed by atoms with Crippen LogP contribution in [0.25, 0.3) is 0 Å². The van der Waals surface area contributed by atoms with Crippen molar-refractivity contribution in [3.05, 3.63) is 28.2 Å². The van der Waals surface area contributed by atoms with Crippen molar-refractivity contribution in [1.82, 2.24) is 5.32 Å². The predicted octanol–water partition coefficient (Wildman–Crippen LogP) is 1.63. The van der Waals surface area contributed by atoms with Crippen LogP contribution < -0.4 is 16.4 Å². The number of halogens is 1. The zero-order chi connectivity index (χ0) is 13.0. The van der Waals surface area contributed by atoms with E-state index in [0.717, 1.165) is 15.7 Å². The Labute approximate surface area is 114 Å². The molecule has 0 aliphatic carbocycles. The highest BCUT2D eigenvalue weighted by atomic mass is 79.9. The number of carbonyl (C=O) groups is 1. The number of amides is 1. The summed E-state index contributed by atoms with van der Waals surface area (Å²) in [6, 6.07) is 5.15. The summed E-state index contributed by atoms with van der Waals surface area (Å²) in [5, 5.41) is 5.66. The number of hydrogen-bond donors (Lipinski definition) is 3. The molecule has 0 heterocycles. The molecule has 0 saturated heterocycles. The highest BCUT2D eigenvalue weighted by Crippen LogP contribution is 2.24. The van der Waals surface area contributed by atoms with Crippen molar-refractivity contribution in [3.63, 3.8) is 0 Å². The van der Waals surface area contributed by atoms with E-state index in [0.29, 0.717) is 4.99 Å². The fraction of sp³-hybridized carbons (Fsp3) is 0.273. The van der Waals surface area contributed by atoms with Gasteiger partial charge in [-0.1, -0.05) is 12.2 Å². The minimum atomic E-state index is -0.313. The molecule has 4 N–H and O–H groups in total. The Hall–Kier alpha value is -1.14. The maximum atomic E-state index is 11.4. The minimum absolute atomic E-state index is 0.0738. The van der Waals surface area contributed by atoms with Gasteiger partial charge in [-0.25, -0.2) is 0 Å². The zero-order valence-corrected chi connectivity index (χ0v) is 12.0. The monoisotopic (exact) mass is 315 g/mol. The van der Waals surface area contributed by atoms with Crippen molar-refractivity contribution in [2.24, 2.45) is 5.73 Å². The van der Waals surface area contributed by atoms with Gasteiger partial charge >= 0.3 is 0 Å². The standard InChI is InChI=1S/C11H14BrN3OS/c1-6(11(16)14-2)15-9-4-3-7(10(13)17)5-8(9)12/h3-6,15H,1-2H3,(H2,13,17)(H,14,16). The molecule has 1 unspecified atom stereocenters. The van der Waals surface area contributed by atoms with Crippen LogP contribution in [-0.4, -0.2) is 24.0 Å². The molecule has 1 rings (SSSR count). The first kappa shape index (κ1) is 13.9. The first-order chi connectivity index (χ1) is 7.95. The topological polar surface area (TPSA) is 67.2 Å². The molecular weight excluding hydrogens is 302 g/mol. The van der Waals surface area contributed by atoms with E-state index in [4.69, 9.17) is 18.0 Å². The molecule has 0 spiro atoms. The molecule has 0 aliphatic rings. The van der Waals surface area contributed by atoms with Crippen molar-refractivity contribution in [1.29, 1.82) is 0 Å². The molecule has 0 saturated carbocycles. The average Bonchev–Trinajstić information content (AvgIpc) is 2.30. The van der Waals surface area contributed by atoms with E-state index in [9.17, 15) is 4.79 Å². The fourth-order valence-corrected chi connectivity index (χ4v) is 1.92. The smallest absolute Gasteiger partial charge is 0.241 e. The van der Waals surface area contributed by atoms with Gasteiger partial charge in [-0.3, -0.25) is 4.79 Å². The van der Waals surface area contributed by atoms with Crippen LogP contribution >= 0.6 is 28.1 Å². The number of carbonyl (C=O) groups excluding carboxylic acids is 1. The summed E-state index contributed by atoms with van der Waals surface area (Å²) in [6.45, 7) is 1.78. The second kappa shape index (κ2) is 5.97. The van der Waals surface area contributed by atoms with E-state index in [1.807, 2.05) is 18.2 Å². The first-order valence-corrected chi connectivity index (χ1v) is 6.23. The molecule has 0 aliphatic heterocycles. The molecule has 1 amide bonds. The summed E-state index contributed by atoms with van der Waals surface area (Å²) in [5.74, 6) is -0.0738. The molecule has 92 valence electrons. The maximum Gasteiger partial charge on any atom is 0.241 e. The molecule has 0 radical (unpaired) electrons. The zero-order valence-electron chi connectivity index (χ0n) is 9.58.